The molecule has 5 rings (SSSR count). The lowest BCUT2D eigenvalue weighted by atomic mass is 9.33. The third-order valence-electron chi connectivity index (χ3n) is 13.9. The SMILES string of the molecule is COC(=O)[C@@]1(C)CC[C@]2(C)CCC3(C)C(=CC(=O)C4[C@@]5(C)CC[C@H](OC(=O)CC(C)=O)C(C)(C)C5CC[C@]43C)[C@@H]2C1. The van der Waals surface area contributed by atoms with Gasteiger partial charge < -0.3 is 9.47 Å². The van der Waals surface area contributed by atoms with Crippen LogP contribution in [0.3, 0.4) is 0 Å². The summed E-state index contributed by atoms with van der Waals surface area (Å²) in [6.07, 6.45) is 9.78. The Morgan fingerprint density at radius 3 is 2.20 bits per heavy atom. The first-order valence-electron chi connectivity index (χ1n) is 15.9. The minimum Gasteiger partial charge on any atom is -0.469 e. The van der Waals surface area contributed by atoms with E-state index in [1.54, 1.807) is 0 Å². The van der Waals surface area contributed by atoms with Crippen LogP contribution in [0.2, 0.25) is 0 Å². The Hall–Kier alpha value is -1.98. The number of allylic oxidation sites excluding steroid dienone is 2. The molecule has 0 aliphatic heterocycles. The molecule has 0 bridgehead atoms. The minimum absolute atomic E-state index is 0.0905. The Kier molecular flexibility index (Phi) is 7.07. The molecule has 0 N–H and O–H groups in total. The summed E-state index contributed by atoms with van der Waals surface area (Å²) in [5, 5.41) is 0. The average Bonchev–Trinajstić information content (AvgIpc) is 2.87. The maximum Gasteiger partial charge on any atom is 0.313 e. The second-order valence-electron chi connectivity index (χ2n) is 16.5. The molecule has 6 nitrogen and oxygen atoms in total. The molecule has 0 spiro atoms. The van der Waals surface area contributed by atoms with Crippen LogP contribution in [-0.4, -0.2) is 36.7 Å². The molecule has 0 amide bonds. The van der Waals surface area contributed by atoms with Crippen LogP contribution in [0.4, 0.5) is 0 Å². The Morgan fingerprint density at radius 1 is 0.902 bits per heavy atom. The third kappa shape index (κ3) is 4.23. The van der Waals surface area contributed by atoms with Gasteiger partial charge in [0, 0.05) is 11.3 Å². The fourth-order valence-corrected chi connectivity index (χ4v) is 11.2. The fraction of sp³-hybridized carbons (Fsp3) is 0.829. The Balaban J connectivity index is 1.51. The zero-order valence-electron chi connectivity index (χ0n) is 26.9. The van der Waals surface area contributed by atoms with E-state index in [1.807, 2.05) is 6.08 Å². The normalized spacial score (nSPS) is 46.6. The van der Waals surface area contributed by atoms with E-state index < -0.39 is 11.4 Å². The molecule has 6 heteroatoms. The zero-order valence-corrected chi connectivity index (χ0v) is 26.9. The predicted octanol–water partition coefficient (Wildman–Crippen LogP) is 7.03. The molecule has 0 aromatic carbocycles. The summed E-state index contributed by atoms with van der Waals surface area (Å²) in [6.45, 7) is 17.4. The largest absolute Gasteiger partial charge is 0.469 e. The van der Waals surface area contributed by atoms with Crippen molar-refractivity contribution in [3.63, 3.8) is 0 Å². The Morgan fingerprint density at radius 2 is 1.56 bits per heavy atom. The molecule has 4 saturated carbocycles. The van der Waals surface area contributed by atoms with Crippen LogP contribution in [0.15, 0.2) is 11.6 Å². The van der Waals surface area contributed by atoms with Crippen LogP contribution < -0.4 is 0 Å². The molecular weight excluding hydrogens is 516 g/mol. The van der Waals surface area contributed by atoms with Crippen molar-refractivity contribution < 1.29 is 28.7 Å². The molecule has 5 aliphatic rings. The maximum atomic E-state index is 14.5. The maximum absolute atomic E-state index is 14.5. The highest BCUT2D eigenvalue weighted by Crippen LogP contribution is 2.75. The van der Waals surface area contributed by atoms with E-state index in [2.05, 4.69) is 48.5 Å². The van der Waals surface area contributed by atoms with Gasteiger partial charge in [-0.1, -0.05) is 47.1 Å². The molecule has 0 radical (unpaired) electrons. The number of hydrogen-bond donors (Lipinski definition) is 0. The number of ether oxygens (including phenoxy) is 2. The van der Waals surface area contributed by atoms with Crippen molar-refractivity contribution in [3.05, 3.63) is 11.6 Å². The smallest absolute Gasteiger partial charge is 0.313 e. The summed E-state index contributed by atoms with van der Waals surface area (Å²) in [4.78, 5) is 51.5. The Labute approximate surface area is 246 Å². The number of methoxy groups -OCH3 is 1. The third-order valence-corrected chi connectivity index (χ3v) is 13.9. The lowest BCUT2D eigenvalue weighted by Gasteiger charge is -2.70. The summed E-state index contributed by atoms with van der Waals surface area (Å²) in [5.41, 5.74) is 0.0376. The lowest BCUT2D eigenvalue weighted by Crippen LogP contribution is -2.66. The van der Waals surface area contributed by atoms with Crippen molar-refractivity contribution in [3.8, 4) is 0 Å². The highest BCUT2D eigenvalue weighted by molar-refractivity contribution is 5.96. The summed E-state index contributed by atoms with van der Waals surface area (Å²) in [7, 11) is 1.49. The van der Waals surface area contributed by atoms with E-state index in [4.69, 9.17) is 9.47 Å². The minimum atomic E-state index is -0.523. The van der Waals surface area contributed by atoms with E-state index in [9.17, 15) is 19.2 Å². The number of rotatable bonds is 4. The van der Waals surface area contributed by atoms with Gasteiger partial charge in [0.05, 0.1) is 12.5 Å². The van der Waals surface area contributed by atoms with Crippen molar-refractivity contribution >= 4 is 23.5 Å². The quantitative estimate of drug-likeness (QED) is 0.267. The van der Waals surface area contributed by atoms with Gasteiger partial charge in [-0.15, -0.1) is 0 Å². The van der Waals surface area contributed by atoms with Crippen molar-refractivity contribution in [1.29, 1.82) is 0 Å². The molecule has 9 atom stereocenters. The Bertz CT molecular complexity index is 1200. The van der Waals surface area contributed by atoms with E-state index in [1.165, 1.54) is 19.6 Å². The number of ketones is 2. The van der Waals surface area contributed by atoms with Crippen molar-refractivity contribution in [2.45, 2.75) is 126 Å². The zero-order chi connectivity index (χ0) is 30.4. The first-order chi connectivity index (χ1) is 18.9. The number of carbonyl (C=O) groups excluding carboxylic acids is 4. The van der Waals surface area contributed by atoms with Crippen molar-refractivity contribution in [2.75, 3.05) is 7.11 Å². The van der Waals surface area contributed by atoms with Gasteiger partial charge in [0.15, 0.2) is 5.78 Å². The topological polar surface area (TPSA) is 86.7 Å². The molecule has 0 heterocycles. The number of hydrogen-bond acceptors (Lipinski definition) is 6. The monoisotopic (exact) mass is 568 g/mol. The summed E-state index contributed by atoms with van der Waals surface area (Å²) < 4.78 is 11.2. The van der Waals surface area contributed by atoms with Crippen molar-refractivity contribution in [2.24, 2.45) is 50.2 Å². The van der Waals surface area contributed by atoms with Crippen LogP contribution in [0.5, 0.6) is 0 Å². The molecule has 228 valence electrons. The molecule has 0 aromatic heterocycles. The fourth-order valence-electron chi connectivity index (χ4n) is 11.2. The van der Waals surface area contributed by atoms with Crippen LogP contribution in [-0.2, 0) is 28.7 Å². The number of carbonyl (C=O) groups is 4. The molecule has 4 fully saturated rings. The van der Waals surface area contributed by atoms with Gasteiger partial charge >= 0.3 is 11.9 Å². The van der Waals surface area contributed by atoms with Crippen LogP contribution in [0.25, 0.3) is 0 Å². The predicted molar refractivity (Wildman–Crippen MR) is 157 cm³/mol. The summed E-state index contributed by atoms with van der Waals surface area (Å²) >= 11 is 0. The van der Waals surface area contributed by atoms with Gasteiger partial charge in [-0.3, -0.25) is 19.2 Å². The van der Waals surface area contributed by atoms with E-state index in [-0.39, 0.29) is 74.9 Å². The van der Waals surface area contributed by atoms with Crippen LogP contribution in [0, 0.1) is 50.2 Å². The second-order valence-corrected chi connectivity index (χ2v) is 16.5. The highest BCUT2D eigenvalue weighted by atomic mass is 16.5. The molecular formula is C35H52O6. The average molecular weight is 569 g/mol. The molecule has 0 saturated heterocycles. The van der Waals surface area contributed by atoms with Gasteiger partial charge in [0.1, 0.15) is 18.3 Å². The van der Waals surface area contributed by atoms with Crippen molar-refractivity contribution in [1.82, 2.24) is 0 Å². The lowest BCUT2D eigenvalue weighted by molar-refractivity contribution is -0.211. The molecule has 5 aliphatic carbocycles. The number of esters is 2. The van der Waals surface area contributed by atoms with Crippen LogP contribution in [0.1, 0.15) is 120 Å². The van der Waals surface area contributed by atoms with Gasteiger partial charge in [0.2, 0.25) is 0 Å². The molecule has 0 aromatic rings. The first kappa shape index (κ1) is 30.5. The summed E-state index contributed by atoms with van der Waals surface area (Å²) in [6, 6.07) is 0. The van der Waals surface area contributed by atoms with Crippen LogP contribution >= 0.6 is 0 Å². The summed E-state index contributed by atoms with van der Waals surface area (Å²) in [5.74, 6) is -0.177. The first-order valence-corrected chi connectivity index (χ1v) is 15.9. The van der Waals surface area contributed by atoms with Gasteiger partial charge in [-0.05, 0) is 111 Å². The molecule has 41 heavy (non-hydrogen) atoms. The van der Waals surface area contributed by atoms with E-state index >= 15 is 0 Å². The standard InChI is InChI=1S/C35H52O6/c1-21(36)18-27(38)41-26-11-12-33(6)25(30(26,2)3)10-13-35(8)28(33)24(37)19-22-23-20-32(5,29(39)40-9)15-14-31(23,4)16-17-34(22,35)7/h19,23,25-26,28H,10-18,20H2,1-9H3/t23-,25?,26-,28?,31+,32-,33-,34?,35+/m0/s1. The highest BCUT2D eigenvalue weighted by Gasteiger charge is 2.70. The number of fused-ring (bicyclic) bond motifs is 7. The van der Waals surface area contributed by atoms with E-state index in [0.29, 0.717) is 6.42 Å². The van der Waals surface area contributed by atoms with Gasteiger partial charge in [-0.25, -0.2) is 0 Å². The van der Waals surface area contributed by atoms with Gasteiger partial charge in [0.25, 0.3) is 0 Å². The van der Waals surface area contributed by atoms with Gasteiger partial charge in [-0.2, -0.15) is 0 Å². The van der Waals surface area contributed by atoms with E-state index in [0.717, 1.165) is 51.4 Å². The molecule has 3 unspecified atom stereocenters. The number of Topliss-reactive ketones (excluding diaryl/α,β-unsaturated/α-hetero) is 1. The second kappa shape index (κ2) is 9.51.